The van der Waals surface area contributed by atoms with Gasteiger partial charge in [0.2, 0.25) is 5.88 Å². The van der Waals surface area contributed by atoms with E-state index in [1.807, 2.05) is 38.1 Å². The lowest BCUT2D eigenvalue weighted by Crippen LogP contribution is -1.87. The van der Waals surface area contributed by atoms with Gasteiger partial charge >= 0.3 is 0 Å². The molecule has 0 aliphatic heterocycles. The van der Waals surface area contributed by atoms with E-state index in [1.54, 1.807) is 13.3 Å². The number of hydrogen-bond acceptors (Lipinski definition) is 4. The second-order valence-corrected chi connectivity index (χ2v) is 7.07. The number of aryl methyl sites for hydroxylation is 2. The molecule has 4 rings (SSSR count). The second kappa shape index (κ2) is 7.39. The van der Waals surface area contributed by atoms with Crippen LogP contribution in [0, 0.1) is 6.92 Å². The zero-order chi connectivity index (χ0) is 19.7. The van der Waals surface area contributed by atoms with Crippen molar-refractivity contribution >= 4 is 11.0 Å². The molecule has 0 bridgehead atoms. The van der Waals surface area contributed by atoms with E-state index < -0.39 is 0 Å². The Balaban J connectivity index is 1.84. The molecule has 0 saturated carbocycles. The van der Waals surface area contributed by atoms with Gasteiger partial charge in [-0.2, -0.15) is 0 Å². The van der Waals surface area contributed by atoms with E-state index in [0.29, 0.717) is 5.88 Å². The van der Waals surface area contributed by atoms with E-state index in [2.05, 4.69) is 29.8 Å². The summed E-state index contributed by atoms with van der Waals surface area (Å²) in [6.45, 7) is 8.01. The van der Waals surface area contributed by atoms with E-state index >= 15 is 0 Å². The van der Waals surface area contributed by atoms with Gasteiger partial charge in [0.15, 0.2) is 0 Å². The Bertz CT molecular complexity index is 1150. The van der Waals surface area contributed by atoms with Crippen LogP contribution in [0.3, 0.4) is 0 Å². The maximum Gasteiger partial charge on any atom is 0.213 e. The van der Waals surface area contributed by atoms with Crippen LogP contribution in [0.1, 0.15) is 24.9 Å². The summed E-state index contributed by atoms with van der Waals surface area (Å²) in [6, 6.07) is 14.1. The third kappa shape index (κ3) is 3.46. The predicted molar refractivity (Wildman–Crippen MR) is 112 cm³/mol. The van der Waals surface area contributed by atoms with Crippen LogP contribution in [0.25, 0.3) is 33.4 Å². The van der Waals surface area contributed by atoms with E-state index in [-0.39, 0.29) is 0 Å². The Hall–Kier alpha value is -3.27. The zero-order valence-corrected chi connectivity index (χ0v) is 16.4. The largest absolute Gasteiger partial charge is 0.481 e. The number of hydrogen-bond donors (Lipinski definition) is 0. The van der Waals surface area contributed by atoms with Crippen molar-refractivity contribution in [1.29, 1.82) is 0 Å². The monoisotopic (exact) mass is 373 g/mol. The summed E-state index contributed by atoms with van der Waals surface area (Å²) in [5.74, 6) is 3.24. The lowest BCUT2D eigenvalue weighted by atomic mass is 10.0. The van der Waals surface area contributed by atoms with Crippen LogP contribution in [0.2, 0.25) is 0 Å². The Morgan fingerprint density at radius 3 is 2.61 bits per heavy atom. The molecule has 4 nitrogen and oxygen atoms in total. The number of allylic oxidation sites excluding steroid dienone is 1. The summed E-state index contributed by atoms with van der Waals surface area (Å²) in [5, 5.41) is 1.05. The Morgan fingerprint density at radius 1 is 1.07 bits per heavy atom. The van der Waals surface area contributed by atoms with Crippen molar-refractivity contribution in [3.8, 4) is 28.3 Å². The SMILES string of the molecule is C=C(C)CCc1oc2cc(-c3ccnc(OC)c3)ccc2c1-c1ccc(C)o1. The number of ether oxygens (including phenoxy) is 1. The molecule has 0 spiro atoms. The van der Waals surface area contributed by atoms with Gasteiger partial charge in [0.25, 0.3) is 0 Å². The van der Waals surface area contributed by atoms with Gasteiger partial charge in [-0.25, -0.2) is 4.98 Å². The third-order valence-corrected chi connectivity index (χ3v) is 4.81. The quantitative estimate of drug-likeness (QED) is 0.358. The van der Waals surface area contributed by atoms with Crippen molar-refractivity contribution in [3.05, 3.63) is 72.3 Å². The third-order valence-electron chi connectivity index (χ3n) is 4.81. The topological polar surface area (TPSA) is 48.4 Å². The molecule has 0 amide bonds. The van der Waals surface area contributed by atoms with E-state index in [1.165, 1.54) is 0 Å². The minimum absolute atomic E-state index is 0.589. The van der Waals surface area contributed by atoms with Crippen LogP contribution < -0.4 is 4.74 Å². The van der Waals surface area contributed by atoms with Crippen LogP contribution in [-0.2, 0) is 6.42 Å². The Morgan fingerprint density at radius 2 is 1.89 bits per heavy atom. The number of aromatic nitrogens is 1. The fraction of sp³-hybridized carbons (Fsp3) is 0.208. The first-order valence-corrected chi connectivity index (χ1v) is 9.32. The number of rotatable bonds is 6. The highest BCUT2D eigenvalue weighted by Gasteiger charge is 2.19. The van der Waals surface area contributed by atoms with Gasteiger partial charge in [-0.05, 0) is 61.7 Å². The molecular formula is C24H23NO3. The molecule has 3 aromatic heterocycles. The van der Waals surface area contributed by atoms with E-state index in [9.17, 15) is 0 Å². The molecule has 4 heteroatoms. The van der Waals surface area contributed by atoms with Crippen LogP contribution in [0.4, 0.5) is 0 Å². The highest BCUT2D eigenvalue weighted by atomic mass is 16.5. The fourth-order valence-corrected chi connectivity index (χ4v) is 3.37. The van der Waals surface area contributed by atoms with E-state index in [0.717, 1.165) is 63.4 Å². The van der Waals surface area contributed by atoms with Gasteiger partial charge in [-0.3, -0.25) is 0 Å². The molecule has 0 N–H and O–H groups in total. The van der Waals surface area contributed by atoms with Crippen LogP contribution in [-0.4, -0.2) is 12.1 Å². The van der Waals surface area contributed by atoms with E-state index in [4.69, 9.17) is 13.6 Å². The summed E-state index contributed by atoms with van der Waals surface area (Å²) in [6.07, 6.45) is 3.41. The number of benzene rings is 1. The highest BCUT2D eigenvalue weighted by molar-refractivity contribution is 5.96. The molecular weight excluding hydrogens is 350 g/mol. The van der Waals surface area contributed by atoms with Gasteiger partial charge in [-0.1, -0.05) is 11.6 Å². The molecule has 4 aromatic rings. The number of nitrogens with zero attached hydrogens (tertiary/aromatic N) is 1. The molecule has 0 unspecified atom stereocenters. The smallest absolute Gasteiger partial charge is 0.213 e. The average Bonchev–Trinajstić information content (AvgIpc) is 3.28. The second-order valence-electron chi connectivity index (χ2n) is 7.07. The summed E-state index contributed by atoms with van der Waals surface area (Å²) >= 11 is 0. The molecule has 0 aliphatic carbocycles. The predicted octanol–water partition coefficient (Wildman–Crippen LogP) is 6.58. The number of furan rings is 2. The molecule has 142 valence electrons. The normalized spacial score (nSPS) is 11.1. The molecule has 0 atom stereocenters. The van der Waals surface area contributed by atoms with Crippen molar-refractivity contribution in [1.82, 2.24) is 4.98 Å². The summed E-state index contributed by atoms with van der Waals surface area (Å²) < 4.78 is 17.5. The Labute approximate surface area is 164 Å². The minimum Gasteiger partial charge on any atom is -0.481 e. The Kier molecular flexibility index (Phi) is 4.78. The summed E-state index contributed by atoms with van der Waals surface area (Å²) in [5.41, 5.74) is 5.09. The summed E-state index contributed by atoms with van der Waals surface area (Å²) in [4.78, 5) is 4.18. The van der Waals surface area contributed by atoms with Gasteiger partial charge in [0, 0.05) is 24.1 Å². The molecule has 0 saturated heterocycles. The lowest BCUT2D eigenvalue weighted by Gasteiger charge is -2.04. The van der Waals surface area contributed by atoms with Crippen molar-refractivity contribution in [2.24, 2.45) is 0 Å². The van der Waals surface area contributed by atoms with Crippen molar-refractivity contribution in [2.75, 3.05) is 7.11 Å². The van der Waals surface area contributed by atoms with Crippen molar-refractivity contribution in [3.63, 3.8) is 0 Å². The number of fused-ring (bicyclic) bond motifs is 1. The van der Waals surface area contributed by atoms with Crippen LogP contribution in [0.15, 0.2) is 69.6 Å². The molecule has 0 radical (unpaired) electrons. The first-order chi connectivity index (χ1) is 13.5. The zero-order valence-electron chi connectivity index (χ0n) is 16.4. The standard InChI is InChI=1S/C24H23NO3/c1-15(2)5-9-21-24(20-10-6-16(3)27-20)19-8-7-17(13-22(19)28-21)18-11-12-25-23(14-18)26-4/h6-8,10-14H,1,5,9H2,2-4H3. The average molecular weight is 373 g/mol. The van der Waals surface area contributed by atoms with Crippen molar-refractivity contribution < 1.29 is 13.6 Å². The number of methoxy groups -OCH3 is 1. The maximum atomic E-state index is 6.28. The molecule has 1 aromatic carbocycles. The van der Waals surface area contributed by atoms with Crippen LogP contribution in [0.5, 0.6) is 5.88 Å². The first-order valence-electron chi connectivity index (χ1n) is 9.32. The number of pyridine rings is 1. The lowest BCUT2D eigenvalue weighted by molar-refractivity contribution is 0.398. The molecule has 0 fully saturated rings. The molecule has 3 heterocycles. The molecule has 28 heavy (non-hydrogen) atoms. The minimum atomic E-state index is 0.589. The highest BCUT2D eigenvalue weighted by Crippen LogP contribution is 2.38. The van der Waals surface area contributed by atoms with Gasteiger partial charge < -0.3 is 13.6 Å². The maximum absolute atomic E-state index is 6.28. The fourth-order valence-electron chi connectivity index (χ4n) is 3.37. The van der Waals surface area contributed by atoms with Crippen molar-refractivity contribution in [2.45, 2.75) is 26.7 Å². The molecule has 0 aliphatic rings. The summed E-state index contributed by atoms with van der Waals surface area (Å²) in [7, 11) is 1.62. The van der Waals surface area contributed by atoms with Crippen LogP contribution >= 0.6 is 0 Å². The van der Waals surface area contributed by atoms with Gasteiger partial charge in [-0.15, -0.1) is 6.58 Å². The van der Waals surface area contributed by atoms with Gasteiger partial charge in [0.05, 0.1) is 12.7 Å². The first kappa shape index (κ1) is 18.1. The van der Waals surface area contributed by atoms with Gasteiger partial charge in [0.1, 0.15) is 22.9 Å².